The summed E-state index contributed by atoms with van der Waals surface area (Å²) in [5.41, 5.74) is 3.19. The van der Waals surface area contributed by atoms with Gasteiger partial charge in [0.15, 0.2) is 11.5 Å². The molecule has 160 valence electrons. The van der Waals surface area contributed by atoms with Crippen LogP contribution in [0.15, 0.2) is 36.4 Å². The molecule has 0 aliphatic carbocycles. The summed E-state index contributed by atoms with van der Waals surface area (Å²) in [5.74, 6) is 1.91. The first-order valence-corrected chi connectivity index (χ1v) is 10.6. The molecular weight excluding hydrogens is 402 g/mol. The van der Waals surface area contributed by atoms with Gasteiger partial charge in [-0.2, -0.15) is 0 Å². The average Bonchev–Trinajstić information content (AvgIpc) is 3.19. The second-order valence-corrected chi connectivity index (χ2v) is 7.38. The van der Waals surface area contributed by atoms with E-state index in [4.69, 9.17) is 21.1 Å². The lowest BCUT2D eigenvalue weighted by atomic mass is 10.1. The Kier molecular flexibility index (Phi) is 7.90. The molecule has 0 saturated carbocycles. The molecule has 3 aromatic rings. The summed E-state index contributed by atoms with van der Waals surface area (Å²) in [7, 11) is 0. The number of nitrogens with one attached hydrogen (secondary N) is 1. The van der Waals surface area contributed by atoms with E-state index in [0.29, 0.717) is 42.2 Å². The SMILES string of the molecule is CCCCn1nnnc1NCc1cc(OCC)c(OCc2ccccc2C)cc1Cl. The van der Waals surface area contributed by atoms with E-state index in [1.807, 2.05) is 31.2 Å². The van der Waals surface area contributed by atoms with Gasteiger partial charge < -0.3 is 14.8 Å². The maximum absolute atomic E-state index is 6.54. The van der Waals surface area contributed by atoms with Gasteiger partial charge in [0.25, 0.3) is 0 Å². The van der Waals surface area contributed by atoms with E-state index >= 15 is 0 Å². The lowest BCUT2D eigenvalue weighted by Crippen LogP contribution is -2.10. The highest BCUT2D eigenvalue weighted by molar-refractivity contribution is 6.31. The second-order valence-electron chi connectivity index (χ2n) is 6.97. The zero-order valence-electron chi connectivity index (χ0n) is 17.7. The molecule has 0 unspecified atom stereocenters. The van der Waals surface area contributed by atoms with Gasteiger partial charge in [-0.3, -0.25) is 0 Å². The van der Waals surface area contributed by atoms with E-state index in [9.17, 15) is 0 Å². The van der Waals surface area contributed by atoms with Crippen LogP contribution in [0.2, 0.25) is 5.02 Å². The summed E-state index contributed by atoms with van der Waals surface area (Å²) < 4.78 is 13.6. The number of nitrogens with zero attached hydrogens (tertiary/aromatic N) is 4. The number of unbranched alkanes of at least 4 members (excludes halogenated alkanes) is 1. The van der Waals surface area contributed by atoms with Crippen molar-refractivity contribution in [1.82, 2.24) is 20.2 Å². The Hall–Kier alpha value is -2.80. The molecule has 7 nitrogen and oxygen atoms in total. The van der Waals surface area contributed by atoms with Crippen LogP contribution in [-0.4, -0.2) is 26.8 Å². The fourth-order valence-electron chi connectivity index (χ4n) is 2.99. The number of ether oxygens (including phenoxy) is 2. The maximum Gasteiger partial charge on any atom is 0.243 e. The molecule has 0 bridgehead atoms. The number of anilines is 1. The van der Waals surface area contributed by atoms with Crippen LogP contribution >= 0.6 is 11.6 Å². The number of benzene rings is 2. The zero-order chi connectivity index (χ0) is 21.3. The van der Waals surface area contributed by atoms with Crippen LogP contribution < -0.4 is 14.8 Å². The first-order chi connectivity index (χ1) is 14.6. The van der Waals surface area contributed by atoms with Crippen molar-refractivity contribution in [3.05, 3.63) is 58.1 Å². The number of hydrogen-bond donors (Lipinski definition) is 1. The van der Waals surface area contributed by atoms with Crippen LogP contribution in [0.25, 0.3) is 0 Å². The first-order valence-electron chi connectivity index (χ1n) is 10.2. The van der Waals surface area contributed by atoms with Crippen molar-refractivity contribution >= 4 is 17.5 Å². The predicted octanol–water partition coefficient (Wildman–Crippen LogP) is 5.02. The molecule has 0 aliphatic rings. The second kappa shape index (κ2) is 10.8. The van der Waals surface area contributed by atoms with Crippen LogP contribution in [0.1, 0.15) is 43.4 Å². The molecule has 2 aromatic carbocycles. The molecule has 0 spiro atoms. The standard InChI is InChI=1S/C22H28ClN5O2/c1-4-6-11-28-22(25-26-27-28)24-14-18-12-20(29-5-2)21(13-19(18)23)30-15-17-10-8-7-9-16(17)3/h7-10,12-13H,4-6,11,14-15H2,1-3H3,(H,24,25,27). The predicted molar refractivity (Wildman–Crippen MR) is 118 cm³/mol. The third kappa shape index (κ3) is 5.63. The molecule has 1 heterocycles. The summed E-state index contributed by atoms with van der Waals surface area (Å²) in [5, 5.41) is 15.7. The molecule has 0 atom stereocenters. The number of aromatic nitrogens is 4. The van der Waals surface area contributed by atoms with Gasteiger partial charge in [-0.05, 0) is 53.5 Å². The van der Waals surface area contributed by atoms with Gasteiger partial charge >= 0.3 is 0 Å². The zero-order valence-corrected chi connectivity index (χ0v) is 18.4. The van der Waals surface area contributed by atoms with E-state index in [2.05, 4.69) is 46.8 Å². The van der Waals surface area contributed by atoms with Gasteiger partial charge in [0, 0.05) is 24.2 Å². The molecule has 0 saturated heterocycles. The number of aryl methyl sites for hydroxylation is 2. The third-order valence-electron chi connectivity index (χ3n) is 4.75. The van der Waals surface area contributed by atoms with Crippen molar-refractivity contribution in [2.45, 2.75) is 53.3 Å². The topological polar surface area (TPSA) is 74.1 Å². The van der Waals surface area contributed by atoms with Crippen LogP contribution in [0.4, 0.5) is 5.95 Å². The average molecular weight is 430 g/mol. The number of hydrogen-bond acceptors (Lipinski definition) is 6. The Morgan fingerprint density at radius 2 is 1.87 bits per heavy atom. The van der Waals surface area contributed by atoms with Crippen molar-refractivity contribution in [1.29, 1.82) is 0 Å². The number of rotatable bonds is 11. The lowest BCUT2D eigenvalue weighted by molar-refractivity contribution is 0.268. The Labute approximate surface area is 182 Å². The monoisotopic (exact) mass is 429 g/mol. The van der Waals surface area contributed by atoms with Gasteiger partial charge in [0.1, 0.15) is 6.61 Å². The molecule has 1 aromatic heterocycles. The van der Waals surface area contributed by atoms with E-state index < -0.39 is 0 Å². The molecule has 0 amide bonds. The smallest absolute Gasteiger partial charge is 0.243 e. The van der Waals surface area contributed by atoms with Crippen LogP contribution in [0.5, 0.6) is 11.5 Å². The van der Waals surface area contributed by atoms with Crippen LogP contribution in [0, 0.1) is 6.92 Å². The van der Waals surface area contributed by atoms with Crippen molar-refractivity contribution < 1.29 is 9.47 Å². The van der Waals surface area contributed by atoms with Gasteiger partial charge in [-0.1, -0.05) is 54.3 Å². The molecule has 30 heavy (non-hydrogen) atoms. The highest BCUT2D eigenvalue weighted by Crippen LogP contribution is 2.34. The van der Waals surface area contributed by atoms with Gasteiger partial charge in [-0.15, -0.1) is 0 Å². The highest BCUT2D eigenvalue weighted by Gasteiger charge is 2.13. The minimum absolute atomic E-state index is 0.451. The fraction of sp³-hybridized carbons (Fsp3) is 0.409. The maximum atomic E-state index is 6.54. The summed E-state index contributed by atoms with van der Waals surface area (Å²) >= 11 is 6.54. The van der Waals surface area contributed by atoms with E-state index in [-0.39, 0.29) is 0 Å². The van der Waals surface area contributed by atoms with Crippen LogP contribution in [-0.2, 0) is 19.7 Å². The van der Waals surface area contributed by atoms with Gasteiger partial charge in [-0.25, -0.2) is 4.68 Å². The summed E-state index contributed by atoms with van der Waals surface area (Å²) in [6.45, 7) is 8.38. The Morgan fingerprint density at radius 1 is 1.07 bits per heavy atom. The van der Waals surface area contributed by atoms with Gasteiger partial charge in [0.05, 0.1) is 6.61 Å². The van der Waals surface area contributed by atoms with E-state index in [1.54, 1.807) is 4.68 Å². The van der Waals surface area contributed by atoms with Crippen LogP contribution in [0.3, 0.4) is 0 Å². The molecule has 0 radical (unpaired) electrons. The normalized spacial score (nSPS) is 10.8. The summed E-state index contributed by atoms with van der Waals surface area (Å²) in [6, 6.07) is 11.9. The Balaban J connectivity index is 1.72. The lowest BCUT2D eigenvalue weighted by Gasteiger charge is -2.16. The molecule has 3 rings (SSSR count). The Morgan fingerprint density at radius 3 is 2.63 bits per heavy atom. The fourth-order valence-corrected chi connectivity index (χ4v) is 3.21. The largest absolute Gasteiger partial charge is 0.490 e. The molecule has 0 aliphatic heterocycles. The van der Waals surface area contributed by atoms with Crippen molar-refractivity contribution in [3.8, 4) is 11.5 Å². The summed E-state index contributed by atoms with van der Waals surface area (Å²) in [6.07, 6.45) is 2.09. The van der Waals surface area contributed by atoms with Crippen molar-refractivity contribution in [3.63, 3.8) is 0 Å². The van der Waals surface area contributed by atoms with Crippen molar-refractivity contribution in [2.24, 2.45) is 0 Å². The third-order valence-corrected chi connectivity index (χ3v) is 5.10. The molecule has 8 heteroatoms. The van der Waals surface area contributed by atoms with Crippen molar-refractivity contribution in [2.75, 3.05) is 11.9 Å². The number of halogens is 1. The number of tetrazole rings is 1. The minimum atomic E-state index is 0.451. The van der Waals surface area contributed by atoms with E-state index in [1.165, 1.54) is 5.56 Å². The van der Waals surface area contributed by atoms with Gasteiger partial charge in [0.2, 0.25) is 5.95 Å². The summed E-state index contributed by atoms with van der Waals surface area (Å²) in [4.78, 5) is 0. The van der Waals surface area contributed by atoms with E-state index in [0.717, 1.165) is 30.5 Å². The first kappa shape index (κ1) is 21.9. The molecule has 0 fully saturated rings. The minimum Gasteiger partial charge on any atom is -0.490 e. The molecular formula is C22H28ClN5O2. The Bertz CT molecular complexity index is 960. The quantitative estimate of drug-likeness (QED) is 0.461. The highest BCUT2D eigenvalue weighted by atomic mass is 35.5. The molecule has 1 N–H and O–H groups in total.